The Balaban J connectivity index is 3.38. The molecule has 3 N–H and O–H groups in total. The Labute approximate surface area is 253 Å². The molecule has 240 valence electrons. The number of amides is 2. The van der Waals surface area contributed by atoms with Gasteiger partial charge in [0, 0.05) is 51.9 Å². The molecule has 0 saturated carbocycles. The first kappa shape index (κ1) is 40.8. The van der Waals surface area contributed by atoms with Gasteiger partial charge in [0.2, 0.25) is 11.8 Å². The van der Waals surface area contributed by atoms with Gasteiger partial charge in [0.25, 0.3) is 0 Å². The van der Waals surface area contributed by atoms with Crippen molar-refractivity contribution in [2.75, 3.05) is 104 Å². The summed E-state index contributed by atoms with van der Waals surface area (Å²) >= 11 is 0. The third-order valence-corrected chi connectivity index (χ3v) is 12.5. The lowest BCUT2D eigenvalue weighted by Gasteiger charge is -2.09. The van der Waals surface area contributed by atoms with Gasteiger partial charge in [-0.15, -0.1) is 0 Å². The van der Waals surface area contributed by atoms with Crippen LogP contribution in [0, 0.1) is 0 Å². The molecule has 0 spiro atoms. The third kappa shape index (κ3) is 32.5. The van der Waals surface area contributed by atoms with Crippen LogP contribution in [0.15, 0.2) is 0 Å². The Morgan fingerprint density at radius 3 is 1.34 bits per heavy atom. The average Bonchev–Trinajstić information content (AvgIpc) is 2.96. The molecule has 0 heterocycles. The number of ketones is 2. The molecule has 2 amide bonds. The molecule has 0 fully saturated rings. The van der Waals surface area contributed by atoms with Crippen LogP contribution < -0.4 is 16.0 Å². The van der Waals surface area contributed by atoms with E-state index in [1.807, 2.05) is 0 Å². The molecule has 0 saturated heterocycles. The summed E-state index contributed by atoms with van der Waals surface area (Å²) in [4.78, 5) is 47.0. The number of ether oxygens (including phenoxy) is 4. The third-order valence-electron chi connectivity index (χ3n) is 5.13. The maximum absolute atomic E-state index is 11.9. The predicted octanol–water partition coefficient (Wildman–Crippen LogP) is 2.16. The second kappa shape index (κ2) is 32.7. The number of hydrogen-bond acceptors (Lipinski definition) is 9. The molecule has 0 aromatic heterocycles. The van der Waals surface area contributed by atoms with Crippen molar-refractivity contribution in [2.45, 2.75) is 39.5 Å². The zero-order valence-electron chi connectivity index (χ0n) is 24.9. The van der Waals surface area contributed by atoms with Gasteiger partial charge in [0.05, 0.1) is 39.6 Å². The molecule has 41 heavy (non-hydrogen) atoms. The molecule has 0 aromatic rings. The SMILES string of the molecule is CCPPCCC(=O)COCCOCCNC(=O)CCNCCC(=O)NCCOCCOCC(=O)CCPPCC. The summed E-state index contributed by atoms with van der Waals surface area (Å²) < 4.78 is 21.5. The lowest BCUT2D eigenvalue weighted by Crippen LogP contribution is -2.33. The van der Waals surface area contributed by atoms with E-state index in [9.17, 15) is 19.2 Å². The van der Waals surface area contributed by atoms with Crippen molar-refractivity contribution in [3.8, 4) is 0 Å². The van der Waals surface area contributed by atoms with Crippen molar-refractivity contribution in [1.29, 1.82) is 0 Å². The van der Waals surface area contributed by atoms with Gasteiger partial charge in [-0.1, -0.05) is 46.9 Å². The summed E-state index contributed by atoms with van der Waals surface area (Å²) in [6.07, 6.45) is 6.14. The minimum absolute atomic E-state index is 0.0881. The zero-order valence-corrected chi connectivity index (χ0v) is 28.9. The highest BCUT2D eigenvalue weighted by atomic mass is 32.0. The molecule has 0 aromatic carbocycles. The first-order valence-corrected chi connectivity index (χ1v) is 21.3. The Hall–Kier alpha value is -0.200. The molecule has 0 rings (SSSR count). The van der Waals surface area contributed by atoms with E-state index in [4.69, 9.17) is 18.9 Å². The van der Waals surface area contributed by atoms with Crippen molar-refractivity contribution < 1.29 is 38.1 Å². The second-order valence-electron chi connectivity index (χ2n) is 8.77. The van der Waals surface area contributed by atoms with Gasteiger partial charge in [-0.3, -0.25) is 19.2 Å². The molecular weight excluding hydrogens is 606 g/mol. The highest BCUT2D eigenvalue weighted by Gasteiger charge is 2.05. The van der Waals surface area contributed by atoms with E-state index in [0.717, 1.165) is 45.4 Å². The predicted molar refractivity (Wildman–Crippen MR) is 175 cm³/mol. The number of rotatable bonds is 32. The van der Waals surface area contributed by atoms with E-state index in [1.165, 1.54) is 12.3 Å². The molecule has 0 bridgehead atoms. The van der Waals surface area contributed by atoms with Gasteiger partial charge >= 0.3 is 0 Å². The second-order valence-corrected chi connectivity index (χ2v) is 16.8. The normalized spacial score (nSPS) is 12.1. The average molecular weight is 660 g/mol. The van der Waals surface area contributed by atoms with Crippen LogP contribution in [0.5, 0.6) is 0 Å². The largest absolute Gasteiger partial charge is 0.377 e. The van der Waals surface area contributed by atoms with Crippen LogP contribution in [-0.4, -0.2) is 127 Å². The smallest absolute Gasteiger partial charge is 0.221 e. The Kier molecular flexibility index (Phi) is 32.5. The van der Waals surface area contributed by atoms with Gasteiger partial charge in [-0.25, -0.2) is 0 Å². The molecule has 4 atom stereocenters. The molecule has 0 aliphatic rings. The number of hydrogen-bond donors (Lipinski definition) is 3. The summed E-state index contributed by atoms with van der Waals surface area (Å²) in [7, 11) is 3.70. The molecule has 0 aliphatic heterocycles. The Morgan fingerprint density at radius 2 is 0.927 bits per heavy atom. The maximum Gasteiger partial charge on any atom is 0.221 e. The van der Waals surface area contributed by atoms with Crippen LogP contribution in [0.2, 0.25) is 0 Å². The van der Waals surface area contributed by atoms with Gasteiger partial charge in [0.1, 0.15) is 13.2 Å². The monoisotopic (exact) mass is 659 g/mol. The summed E-state index contributed by atoms with van der Waals surface area (Å²) in [5.74, 6) is 0.105. The zero-order chi connectivity index (χ0) is 30.2. The van der Waals surface area contributed by atoms with Crippen LogP contribution in [0.1, 0.15) is 39.5 Å². The lowest BCUT2D eigenvalue weighted by atomic mass is 10.3. The fourth-order valence-electron chi connectivity index (χ4n) is 3.02. The van der Waals surface area contributed by atoms with E-state index >= 15 is 0 Å². The van der Waals surface area contributed by atoms with Crippen molar-refractivity contribution >= 4 is 56.5 Å². The van der Waals surface area contributed by atoms with Crippen LogP contribution in [-0.2, 0) is 38.1 Å². The lowest BCUT2D eigenvalue weighted by molar-refractivity contribution is -0.124. The Bertz CT molecular complexity index is 627. The van der Waals surface area contributed by atoms with Crippen molar-refractivity contribution in [2.24, 2.45) is 0 Å². The van der Waals surface area contributed by atoms with E-state index in [1.54, 1.807) is 0 Å². The van der Waals surface area contributed by atoms with Gasteiger partial charge in [-0.05, 0) is 24.6 Å². The van der Waals surface area contributed by atoms with Crippen LogP contribution in [0.4, 0.5) is 0 Å². The Morgan fingerprint density at radius 1 is 0.512 bits per heavy atom. The fourth-order valence-corrected chi connectivity index (χ4v) is 7.99. The van der Waals surface area contributed by atoms with E-state index in [-0.39, 0.29) is 36.6 Å². The molecule has 11 nitrogen and oxygen atoms in total. The molecule has 15 heteroatoms. The summed E-state index contributed by atoms with van der Waals surface area (Å²) in [6.45, 7) is 8.63. The van der Waals surface area contributed by atoms with Crippen LogP contribution >= 0.6 is 33.1 Å². The fraction of sp³-hybridized carbons (Fsp3) is 0.846. The topological polar surface area (TPSA) is 141 Å². The number of Topliss-reactive ketones (excluding diaryl/α,β-unsaturated/α-hetero) is 2. The van der Waals surface area contributed by atoms with Crippen molar-refractivity contribution in [1.82, 2.24) is 16.0 Å². The molecule has 4 unspecified atom stereocenters. The number of nitrogens with one attached hydrogen (secondary N) is 3. The maximum atomic E-state index is 11.9. The van der Waals surface area contributed by atoms with Crippen LogP contribution in [0.25, 0.3) is 0 Å². The van der Waals surface area contributed by atoms with Gasteiger partial charge < -0.3 is 34.9 Å². The van der Waals surface area contributed by atoms with Crippen molar-refractivity contribution in [3.05, 3.63) is 0 Å². The highest BCUT2D eigenvalue weighted by Crippen LogP contribution is 2.36. The summed E-state index contributed by atoms with van der Waals surface area (Å²) in [5.41, 5.74) is 0. The van der Waals surface area contributed by atoms with E-state index in [0.29, 0.717) is 91.5 Å². The quantitative estimate of drug-likeness (QED) is 0.0732. The van der Waals surface area contributed by atoms with Gasteiger partial charge in [0.15, 0.2) is 11.6 Å². The molecular formula is C26H53N3O8P4. The minimum atomic E-state index is -0.0881. The van der Waals surface area contributed by atoms with E-state index in [2.05, 4.69) is 29.8 Å². The molecule has 0 aliphatic carbocycles. The standard InChI is InChI=1S/C26H53N3O8P4/c1-3-38-40-19-7-23(30)21-36-17-15-34-13-11-28-25(32)5-9-27-10-6-26(33)29-12-14-35-16-18-37-22-24(31)8-20-41-39-4-2/h27,38-41H,3-22H2,1-2H3,(H,28,32)(H,29,33). The first-order chi connectivity index (χ1) is 20.0. The number of carbonyl (C=O) groups excluding carboxylic acids is 4. The van der Waals surface area contributed by atoms with Crippen LogP contribution in [0.3, 0.4) is 0 Å². The van der Waals surface area contributed by atoms with E-state index < -0.39 is 0 Å². The summed E-state index contributed by atoms with van der Waals surface area (Å²) in [6, 6.07) is 0. The molecule has 0 radical (unpaired) electrons. The van der Waals surface area contributed by atoms with Crippen molar-refractivity contribution in [3.63, 3.8) is 0 Å². The summed E-state index contributed by atoms with van der Waals surface area (Å²) in [5, 5.41) is 8.64. The highest BCUT2D eigenvalue weighted by molar-refractivity contribution is 8.12. The number of carbonyl (C=O) groups is 4. The first-order valence-electron chi connectivity index (χ1n) is 14.5. The minimum Gasteiger partial charge on any atom is -0.377 e. The van der Waals surface area contributed by atoms with Gasteiger partial charge in [-0.2, -0.15) is 0 Å².